The number of para-hydroxylation sites is 1. The molecule has 0 aliphatic carbocycles. The van der Waals surface area contributed by atoms with Gasteiger partial charge in [0.15, 0.2) is 6.61 Å². The van der Waals surface area contributed by atoms with Crippen LogP contribution >= 0.6 is 11.6 Å². The van der Waals surface area contributed by atoms with Crippen molar-refractivity contribution < 1.29 is 19.1 Å². The zero-order chi connectivity index (χ0) is 16.7. The topological polar surface area (TPSA) is 76.7 Å². The predicted octanol–water partition coefficient (Wildman–Crippen LogP) is 2.19. The SMILES string of the molecule is COc1ccc(C(=O)NNC(=O)COc2ccccc2Cl)cc1. The molecule has 2 aromatic rings. The second-order valence-corrected chi connectivity index (χ2v) is 4.86. The summed E-state index contributed by atoms with van der Waals surface area (Å²) in [6.07, 6.45) is 0. The quantitative estimate of drug-likeness (QED) is 0.822. The van der Waals surface area contributed by atoms with Gasteiger partial charge in [0.25, 0.3) is 11.8 Å². The lowest BCUT2D eigenvalue weighted by atomic mass is 10.2. The van der Waals surface area contributed by atoms with Crippen molar-refractivity contribution in [3.63, 3.8) is 0 Å². The van der Waals surface area contributed by atoms with Gasteiger partial charge in [-0.15, -0.1) is 0 Å². The summed E-state index contributed by atoms with van der Waals surface area (Å²) in [6.45, 7) is -0.271. The molecule has 2 amide bonds. The lowest BCUT2D eigenvalue weighted by Gasteiger charge is -2.10. The van der Waals surface area contributed by atoms with Crippen molar-refractivity contribution in [1.29, 1.82) is 0 Å². The van der Waals surface area contributed by atoms with Crippen molar-refractivity contribution in [3.8, 4) is 11.5 Å². The van der Waals surface area contributed by atoms with Crippen LogP contribution in [-0.2, 0) is 4.79 Å². The van der Waals surface area contributed by atoms with Crippen LogP contribution in [0.25, 0.3) is 0 Å². The van der Waals surface area contributed by atoms with Gasteiger partial charge >= 0.3 is 0 Å². The molecular weight excluding hydrogens is 320 g/mol. The van der Waals surface area contributed by atoms with Crippen LogP contribution < -0.4 is 20.3 Å². The Morgan fingerprint density at radius 2 is 1.74 bits per heavy atom. The van der Waals surface area contributed by atoms with E-state index >= 15 is 0 Å². The number of amides is 2. The van der Waals surface area contributed by atoms with Gasteiger partial charge < -0.3 is 9.47 Å². The van der Waals surface area contributed by atoms with Crippen molar-refractivity contribution in [2.75, 3.05) is 13.7 Å². The molecule has 23 heavy (non-hydrogen) atoms. The Hall–Kier alpha value is -2.73. The molecule has 2 rings (SSSR count). The Balaban J connectivity index is 1.79. The van der Waals surface area contributed by atoms with Gasteiger partial charge in [0.2, 0.25) is 0 Å². The second kappa shape index (κ2) is 8.05. The van der Waals surface area contributed by atoms with Crippen LogP contribution in [0.1, 0.15) is 10.4 Å². The van der Waals surface area contributed by atoms with E-state index in [1.807, 2.05) is 0 Å². The standard InChI is InChI=1S/C16H15ClN2O4/c1-22-12-8-6-11(7-9-12)16(21)19-18-15(20)10-23-14-5-3-2-4-13(14)17/h2-9H,10H2,1H3,(H,18,20)(H,19,21). The van der Waals surface area contributed by atoms with E-state index in [0.29, 0.717) is 22.1 Å². The Labute approximate surface area is 138 Å². The number of carbonyl (C=O) groups excluding carboxylic acids is 2. The monoisotopic (exact) mass is 334 g/mol. The summed E-state index contributed by atoms with van der Waals surface area (Å²) in [6, 6.07) is 13.3. The van der Waals surface area contributed by atoms with Gasteiger partial charge in [0, 0.05) is 5.56 Å². The van der Waals surface area contributed by atoms with Gasteiger partial charge in [-0.1, -0.05) is 23.7 Å². The summed E-state index contributed by atoms with van der Waals surface area (Å²) in [5.74, 6) is 0.0788. The van der Waals surface area contributed by atoms with Crippen LogP contribution in [0, 0.1) is 0 Å². The van der Waals surface area contributed by atoms with E-state index in [4.69, 9.17) is 21.1 Å². The highest BCUT2D eigenvalue weighted by molar-refractivity contribution is 6.32. The molecule has 0 radical (unpaired) electrons. The normalized spacial score (nSPS) is 9.83. The summed E-state index contributed by atoms with van der Waals surface area (Å²) >= 11 is 5.90. The Morgan fingerprint density at radius 1 is 1.04 bits per heavy atom. The zero-order valence-electron chi connectivity index (χ0n) is 12.3. The van der Waals surface area contributed by atoms with E-state index in [1.165, 1.54) is 7.11 Å². The summed E-state index contributed by atoms with van der Waals surface area (Å²) < 4.78 is 10.3. The molecule has 0 atom stereocenters. The van der Waals surface area contributed by atoms with Crippen LogP contribution in [0.15, 0.2) is 48.5 Å². The van der Waals surface area contributed by atoms with Crippen LogP contribution in [0.4, 0.5) is 0 Å². The highest BCUT2D eigenvalue weighted by Crippen LogP contribution is 2.22. The van der Waals surface area contributed by atoms with E-state index in [1.54, 1.807) is 48.5 Å². The molecule has 0 saturated carbocycles. The highest BCUT2D eigenvalue weighted by atomic mass is 35.5. The third kappa shape index (κ3) is 4.89. The number of carbonyl (C=O) groups is 2. The predicted molar refractivity (Wildman–Crippen MR) is 85.5 cm³/mol. The van der Waals surface area contributed by atoms with Gasteiger partial charge in [-0.05, 0) is 36.4 Å². The van der Waals surface area contributed by atoms with E-state index < -0.39 is 11.8 Å². The first-order chi connectivity index (χ1) is 11.1. The number of hydrogen-bond acceptors (Lipinski definition) is 4. The minimum absolute atomic E-state index is 0.271. The maximum atomic E-state index is 11.8. The zero-order valence-corrected chi connectivity index (χ0v) is 13.1. The first kappa shape index (κ1) is 16.6. The molecule has 0 saturated heterocycles. The molecule has 7 heteroatoms. The first-order valence-electron chi connectivity index (χ1n) is 6.70. The minimum Gasteiger partial charge on any atom is -0.497 e. The van der Waals surface area contributed by atoms with Gasteiger partial charge in [0.1, 0.15) is 11.5 Å². The van der Waals surface area contributed by atoms with Gasteiger partial charge in [-0.25, -0.2) is 0 Å². The number of nitrogens with one attached hydrogen (secondary N) is 2. The number of benzene rings is 2. The molecule has 2 aromatic carbocycles. The summed E-state index contributed by atoms with van der Waals surface area (Å²) in [5.41, 5.74) is 4.94. The van der Waals surface area contributed by atoms with Crippen LogP contribution in [-0.4, -0.2) is 25.5 Å². The van der Waals surface area contributed by atoms with Crippen molar-refractivity contribution >= 4 is 23.4 Å². The second-order valence-electron chi connectivity index (χ2n) is 4.45. The Bertz CT molecular complexity index is 689. The maximum Gasteiger partial charge on any atom is 0.276 e. The van der Waals surface area contributed by atoms with E-state index in [0.717, 1.165) is 0 Å². The average molecular weight is 335 g/mol. The molecule has 2 N–H and O–H groups in total. The molecule has 0 aromatic heterocycles. The number of rotatable bonds is 5. The number of halogens is 1. The van der Waals surface area contributed by atoms with Crippen LogP contribution in [0.3, 0.4) is 0 Å². The van der Waals surface area contributed by atoms with E-state index in [2.05, 4.69) is 10.9 Å². The lowest BCUT2D eigenvalue weighted by Crippen LogP contribution is -2.43. The maximum absolute atomic E-state index is 11.8. The largest absolute Gasteiger partial charge is 0.497 e. The van der Waals surface area contributed by atoms with E-state index in [9.17, 15) is 9.59 Å². The summed E-state index contributed by atoms with van der Waals surface area (Å²) in [5, 5.41) is 0.405. The lowest BCUT2D eigenvalue weighted by molar-refractivity contribution is -0.123. The highest BCUT2D eigenvalue weighted by Gasteiger charge is 2.09. The molecule has 0 fully saturated rings. The number of ether oxygens (including phenoxy) is 2. The minimum atomic E-state index is -0.508. The molecule has 120 valence electrons. The molecule has 0 heterocycles. The summed E-state index contributed by atoms with van der Waals surface area (Å²) in [7, 11) is 1.54. The smallest absolute Gasteiger partial charge is 0.276 e. The van der Waals surface area contributed by atoms with Crippen molar-refractivity contribution in [3.05, 3.63) is 59.1 Å². The fraction of sp³-hybridized carbons (Fsp3) is 0.125. The van der Waals surface area contributed by atoms with Gasteiger partial charge in [0.05, 0.1) is 12.1 Å². The molecule has 0 bridgehead atoms. The number of hydrazine groups is 1. The summed E-state index contributed by atoms with van der Waals surface area (Å²) in [4.78, 5) is 23.5. The third-order valence-electron chi connectivity index (χ3n) is 2.86. The van der Waals surface area contributed by atoms with Crippen molar-refractivity contribution in [2.45, 2.75) is 0 Å². The van der Waals surface area contributed by atoms with Crippen LogP contribution in [0.5, 0.6) is 11.5 Å². The first-order valence-corrected chi connectivity index (χ1v) is 7.08. The fourth-order valence-electron chi connectivity index (χ4n) is 1.68. The molecule has 6 nitrogen and oxygen atoms in total. The van der Waals surface area contributed by atoms with Crippen molar-refractivity contribution in [2.24, 2.45) is 0 Å². The third-order valence-corrected chi connectivity index (χ3v) is 3.18. The molecular formula is C16H15ClN2O4. The van der Waals surface area contributed by atoms with Crippen molar-refractivity contribution in [1.82, 2.24) is 10.9 Å². The fourth-order valence-corrected chi connectivity index (χ4v) is 1.87. The Kier molecular flexibility index (Phi) is 5.82. The number of methoxy groups -OCH3 is 1. The molecule has 0 unspecified atom stereocenters. The molecule has 0 spiro atoms. The molecule has 0 aliphatic heterocycles. The van der Waals surface area contributed by atoms with Crippen LogP contribution in [0.2, 0.25) is 5.02 Å². The average Bonchev–Trinajstić information content (AvgIpc) is 2.59. The van der Waals surface area contributed by atoms with E-state index in [-0.39, 0.29) is 6.61 Å². The molecule has 0 aliphatic rings. The Morgan fingerprint density at radius 3 is 2.39 bits per heavy atom. The van der Waals surface area contributed by atoms with Gasteiger partial charge in [-0.3, -0.25) is 20.4 Å². The number of hydrogen-bond donors (Lipinski definition) is 2. The van der Waals surface area contributed by atoms with Gasteiger partial charge in [-0.2, -0.15) is 0 Å².